The van der Waals surface area contributed by atoms with Crippen LogP contribution in [0.1, 0.15) is 47.0 Å². The van der Waals surface area contributed by atoms with Crippen molar-refractivity contribution in [3.05, 3.63) is 0 Å². The number of rotatable bonds is 5. The van der Waals surface area contributed by atoms with Crippen LogP contribution >= 0.6 is 0 Å². The number of ether oxygens (including phenoxy) is 1. The zero-order valence-corrected chi connectivity index (χ0v) is 11.3. The Morgan fingerprint density at radius 3 is 2.75 bits per heavy atom. The van der Waals surface area contributed by atoms with E-state index in [1.54, 1.807) is 0 Å². The molecule has 0 aromatic heterocycles. The minimum Gasteiger partial charge on any atom is -0.370 e. The van der Waals surface area contributed by atoms with Crippen LogP contribution in [0.5, 0.6) is 0 Å². The lowest BCUT2D eigenvalue weighted by atomic mass is 10.0. The summed E-state index contributed by atoms with van der Waals surface area (Å²) >= 11 is 0. The first-order valence-corrected chi connectivity index (χ1v) is 6.58. The molecule has 0 bridgehead atoms. The van der Waals surface area contributed by atoms with Crippen LogP contribution in [0.15, 0.2) is 0 Å². The van der Waals surface area contributed by atoms with Gasteiger partial charge in [-0.05, 0) is 46.6 Å². The van der Waals surface area contributed by atoms with Gasteiger partial charge in [0.2, 0.25) is 0 Å². The molecule has 2 unspecified atom stereocenters. The third kappa shape index (κ3) is 4.81. The molecule has 0 amide bonds. The van der Waals surface area contributed by atoms with Crippen LogP contribution < -0.4 is 5.73 Å². The highest BCUT2D eigenvalue weighted by molar-refractivity contribution is 4.82. The van der Waals surface area contributed by atoms with Gasteiger partial charge in [-0.25, -0.2) is 0 Å². The summed E-state index contributed by atoms with van der Waals surface area (Å²) in [6.07, 6.45) is 3.79. The second kappa shape index (κ2) is 5.99. The molecule has 0 spiro atoms. The van der Waals surface area contributed by atoms with Crippen molar-refractivity contribution in [2.75, 3.05) is 19.6 Å². The predicted molar refractivity (Wildman–Crippen MR) is 68.6 cm³/mol. The van der Waals surface area contributed by atoms with E-state index in [9.17, 15) is 0 Å². The quantitative estimate of drug-likeness (QED) is 0.782. The second-order valence-electron chi connectivity index (χ2n) is 5.73. The first-order chi connectivity index (χ1) is 7.43. The highest BCUT2D eigenvalue weighted by Crippen LogP contribution is 2.20. The Kier molecular flexibility index (Phi) is 5.22. The molecular weight excluding hydrogens is 200 g/mol. The first kappa shape index (κ1) is 13.9. The van der Waals surface area contributed by atoms with Crippen molar-refractivity contribution in [1.29, 1.82) is 0 Å². The Bertz CT molecular complexity index is 206. The Morgan fingerprint density at radius 1 is 1.50 bits per heavy atom. The Labute approximate surface area is 100 Å². The molecule has 0 aromatic rings. The molecule has 96 valence electrons. The van der Waals surface area contributed by atoms with Gasteiger partial charge in [-0.1, -0.05) is 6.92 Å². The second-order valence-corrected chi connectivity index (χ2v) is 5.73. The molecule has 3 nitrogen and oxygen atoms in total. The van der Waals surface area contributed by atoms with E-state index in [0.29, 0.717) is 12.1 Å². The summed E-state index contributed by atoms with van der Waals surface area (Å²) in [4.78, 5) is 2.51. The van der Waals surface area contributed by atoms with E-state index in [1.807, 2.05) is 0 Å². The molecule has 1 saturated heterocycles. The molecule has 0 saturated carbocycles. The summed E-state index contributed by atoms with van der Waals surface area (Å²) in [5.74, 6) is 0. The minimum absolute atomic E-state index is 0.00450. The molecular formula is C13H28N2O. The maximum atomic E-state index is 5.93. The van der Waals surface area contributed by atoms with E-state index in [-0.39, 0.29) is 5.60 Å². The fourth-order valence-corrected chi connectivity index (χ4v) is 2.54. The molecule has 1 aliphatic rings. The van der Waals surface area contributed by atoms with Crippen LogP contribution in [0.4, 0.5) is 0 Å². The largest absolute Gasteiger partial charge is 0.370 e. The molecule has 1 aliphatic heterocycles. The smallest absolute Gasteiger partial charge is 0.0757 e. The molecule has 16 heavy (non-hydrogen) atoms. The van der Waals surface area contributed by atoms with E-state index in [2.05, 4.69) is 32.6 Å². The lowest BCUT2D eigenvalue weighted by Crippen LogP contribution is -2.52. The topological polar surface area (TPSA) is 38.5 Å². The lowest BCUT2D eigenvalue weighted by molar-refractivity contribution is -0.128. The van der Waals surface area contributed by atoms with E-state index in [4.69, 9.17) is 10.5 Å². The molecule has 2 N–H and O–H groups in total. The molecule has 2 atom stereocenters. The number of nitrogens with zero attached hydrogens (tertiary/aromatic N) is 1. The van der Waals surface area contributed by atoms with Gasteiger partial charge in [-0.15, -0.1) is 0 Å². The van der Waals surface area contributed by atoms with Gasteiger partial charge >= 0.3 is 0 Å². The van der Waals surface area contributed by atoms with Crippen LogP contribution in [0.3, 0.4) is 0 Å². The molecule has 0 aromatic carbocycles. The summed E-state index contributed by atoms with van der Waals surface area (Å²) in [5.41, 5.74) is 5.93. The normalized spacial score (nSPS) is 27.9. The first-order valence-electron chi connectivity index (χ1n) is 6.58. The van der Waals surface area contributed by atoms with Gasteiger partial charge in [0.25, 0.3) is 0 Å². The van der Waals surface area contributed by atoms with Crippen LogP contribution in [-0.4, -0.2) is 42.3 Å². The standard InChI is InChI=1S/C13H28N2O/c1-5-12(14)7-6-8-15-9-11(2)16-13(3,4)10-15/h11-12H,5-10,14H2,1-4H3. The van der Waals surface area contributed by atoms with Crippen molar-refractivity contribution in [1.82, 2.24) is 4.90 Å². The summed E-state index contributed by atoms with van der Waals surface area (Å²) in [7, 11) is 0. The Morgan fingerprint density at radius 2 is 2.19 bits per heavy atom. The molecule has 1 rings (SSSR count). The van der Waals surface area contributed by atoms with E-state index < -0.39 is 0 Å². The fraction of sp³-hybridized carbons (Fsp3) is 1.00. The molecule has 3 heteroatoms. The zero-order chi connectivity index (χ0) is 12.2. The number of morpholine rings is 1. The van der Waals surface area contributed by atoms with Gasteiger partial charge < -0.3 is 10.5 Å². The zero-order valence-electron chi connectivity index (χ0n) is 11.3. The van der Waals surface area contributed by atoms with Gasteiger partial charge in [0.05, 0.1) is 11.7 Å². The van der Waals surface area contributed by atoms with Crippen molar-refractivity contribution in [2.24, 2.45) is 5.73 Å². The summed E-state index contributed by atoms with van der Waals surface area (Å²) in [5, 5.41) is 0. The van der Waals surface area contributed by atoms with Gasteiger partial charge in [-0.3, -0.25) is 4.90 Å². The van der Waals surface area contributed by atoms with Gasteiger partial charge in [0.1, 0.15) is 0 Å². The number of hydrogen-bond donors (Lipinski definition) is 1. The van der Waals surface area contributed by atoms with Crippen molar-refractivity contribution in [3.63, 3.8) is 0 Å². The molecule has 1 heterocycles. The van der Waals surface area contributed by atoms with Crippen molar-refractivity contribution >= 4 is 0 Å². The predicted octanol–water partition coefficient (Wildman–Crippen LogP) is 2.00. The highest BCUT2D eigenvalue weighted by atomic mass is 16.5. The Hall–Kier alpha value is -0.120. The SMILES string of the molecule is CCC(N)CCCN1CC(C)OC(C)(C)C1. The lowest BCUT2D eigenvalue weighted by Gasteiger charge is -2.41. The molecule has 0 radical (unpaired) electrons. The van der Waals surface area contributed by atoms with Gasteiger partial charge in [-0.2, -0.15) is 0 Å². The van der Waals surface area contributed by atoms with Gasteiger partial charge in [0.15, 0.2) is 0 Å². The van der Waals surface area contributed by atoms with Crippen LogP contribution in [0, 0.1) is 0 Å². The average molecular weight is 228 g/mol. The monoisotopic (exact) mass is 228 g/mol. The maximum Gasteiger partial charge on any atom is 0.0757 e. The Balaban J connectivity index is 2.26. The molecule has 1 fully saturated rings. The van der Waals surface area contributed by atoms with Crippen LogP contribution in [0.2, 0.25) is 0 Å². The van der Waals surface area contributed by atoms with Crippen LogP contribution in [-0.2, 0) is 4.74 Å². The number of nitrogens with two attached hydrogens (primary N) is 1. The third-order valence-corrected chi connectivity index (χ3v) is 3.21. The van der Waals surface area contributed by atoms with Crippen LogP contribution in [0.25, 0.3) is 0 Å². The maximum absolute atomic E-state index is 5.93. The van der Waals surface area contributed by atoms with Gasteiger partial charge in [0, 0.05) is 19.1 Å². The van der Waals surface area contributed by atoms with E-state index >= 15 is 0 Å². The van der Waals surface area contributed by atoms with Crippen molar-refractivity contribution in [2.45, 2.75) is 64.7 Å². The highest BCUT2D eigenvalue weighted by Gasteiger charge is 2.30. The fourth-order valence-electron chi connectivity index (χ4n) is 2.54. The summed E-state index contributed by atoms with van der Waals surface area (Å²) in [6.45, 7) is 11.9. The number of hydrogen-bond acceptors (Lipinski definition) is 3. The van der Waals surface area contributed by atoms with Crippen molar-refractivity contribution < 1.29 is 4.74 Å². The molecule has 0 aliphatic carbocycles. The summed E-state index contributed by atoms with van der Waals surface area (Å²) < 4.78 is 5.89. The van der Waals surface area contributed by atoms with E-state index in [0.717, 1.165) is 32.5 Å². The summed E-state index contributed by atoms with van der Waals surface area (Å²) in [6, 6.07) is 0.381. The average Bonchev–Trinajstić information content (AvgIpc) is 2.14. The third-order valence-electron chi connectivity index (χ3n) is 3.21. The van der Waals surface area contributed by atoms with Crippen molar-refractivity contribution in [3.8, 4) is 0 Å². The van der Waals surface area contributed by atoms with E-state index in [1.165, 1.54) is 6.42 Å². The minimum atomic E-state index is 0.00450.